The average molecular weight is 405 g/mol. The predicted molar refractivity (Wildman–Crippen MR) is 115 cm³/mol. The molecule has 0 bridgehead atoms. The smallest absolute Gasteiger partial charge is 0.255 e. The molecule has 0 unspecified atom stereocenters. The Morgan fingerprint density at radius 2 is 1.67 bits per heavy atom. The molecule has 0 aliphatic carbocycles. The molecule has 0 spiro atoms. The number of aromatic nitrogens is 1. The van der Waals surface area contributed by atoms with Crippen LogP contribution < -0.4 is 20.1 Å². The van der Waals surface area contributed by atoms with Crippen molar-refractivity contribution in [2.75, 3.05) is 17.2 Å². The molecule has 154 valence electrons. The van der Waals surface area contributed by atoms with Crippen LogP contribution in [0.4, 0.5) is 11.4 Å². The number of benzene rings is 2. The molecule has 0 atom stereocenters. The van der Waals surface area contributed by atoms with Gasteiger partial charge >= 0.3 is 0 Å². The lowest BCUT2D eigenvalue weighted by Crippen LogP contribution is -2.12. The Balaban J connectivity index is 1.69. The largest absolute Gasteiger partial charge is 0.490 e. The molecule has 1 heterocycles. The molecular formula is C23H23N3O4. The first kappa shape index (κ1) is 20.9. The summed E-state index contributed by atoms with van der Waals surface area (Å²) in [7, 11) is 0. The fourth-order valence-electron chi connectivity index (χ4n) is 2.72. The molecule has 0 aliphatic heterocycles. The van der Waals surface area contributed by atoms with Crippen molar-refractivity contribution in [1.82, 2.24) is 4.98 Å². The van der Waals surface area contributed by atoms with E-state index in [1.807, 2.05) is 19.1 Å². The molecule has 3 rings (SSSR count). The third-order valence-electron chi connectivity index (χ3n) is 4.09. The predicted octanol–water partition coefficient (Wildman–Crippen LogP) is 4.27. The molecule has 7 nitrogen and oxygen atoms in total. The highest BCUT2D eigenvalue weighted by Gasteiger charge is 2.12. The zero-order chi connectivity index (χ0) is 21.3. The number of nitrogens with one attached hydrogen (secondary N) is 2. The van der Waals surface area contributed by atoms with Crippen LogP contribution in [0, 0.1) is 0 Å². The maximum absolute atomic E-state index is 12.6. The van der Waals surface area contributed by atoms with Crippen LogP contribution in [0.1, 0.15) is 29.8 Å². The lowest BCUT2D eigenvalue weighted by Gasteiger charge is -2.13. The van der Waals surface area contributed by atoms with Crippen LogP contribution in [0.15, 0.2) is 67.0 Å². The maximum Gasteiger partial charge on any atom is 0.255 e. The highest BCUT2D eigenvalue weighted by molar-refractivity contribution is 6.04. The summed E-state index contributed by atoms with van der Waals surface area (Å²) >= 11 is 0. The zero-order valence-electron chi connectivity index (χ0n) is 16.8. The number of hydrogen-bond acceptors (Lipinski definition) is 5. The number of amides is 2. The fraction of sp³-hybridized carbons (Fsp3) is 0.174. The van der Waals surface area contributed by atoms with Crippen molar-refractivity contribution >= 4 is 23.2 Å². The van der Waals surface area contributed by atoms with E-state index in [2.05, 4.69) is 15.6 Å². The van der Waals surface area contributed by atoms with E-state index in [0.29, 0.717) is 41.7 Å². The summed E-state index contributed by atoms with van der Waals surface area (Å²) in [4.78, 5) is 27.8. The molecular weight excluding hydrogens is 382 g/mol. The number of carbonyl (C=O) groups is 2. The van der Waals surface area contributed by atoms with Crippen LogP contribution in [-0.4, -0.2) is 23.4 Å². The summed E-state index contributed by atoms with van der Waals surface area (Å²) in [5.41, 5.74) is 2.65. The normalized spacial score (nSPS) is 10.2. The summed E-state index contributed by atoms with van der Waals surface area (Å²) in [5, 5.41) is 5.51. The summed E-state index contributed by atoms with van der Waals surface area (Å²) in [6, 6.07) is 15.7. The molecule has 3 aromatic rings. The minimum Gasteiger partial charge on any atom is -0.490 e. The van der Waals surface area contributed by atoms with Crippen molar-refractivity contribution in [3.8, 4) is 11.5 Å². The number of nitrogens with zero attached hydrogens (tertiary/aromatic N) is 1. The van der Waals surface area contributed by atoms with E-state index in [0.717, 1.165) is 5.56 Å². The first-order valence-corrected chi connectivity index (χ1v) is 9.52. The Morgan fingerprint density at radius 3 is 2.30 bits per heavy atom. The number of rotatable bonds is 8. The van der Waals surface area contributed by atoms with Gasteiger partial charge in [-0.1, -0.05) is 6.07 Å². The van der Waals surface area contributed by atoms with Crippen LogP contribution in [0.25, 0.3) is 0 Å². The van der Waals surface area contributed by atoms with Gasteiger partial charge in [0.2, 0.25) is 5.91 Å². The molecule has 1 aromatic heterocycles. The number of pyridine rings is 1. The topological polar surface area (TPSA) is 89.6 Å². The third-order valence-corrected chi connectivity index (χ3v) is 4.09. The SMILES string of the molecule is CCOc1cc(C(=O)Nc2ccc(NC(C)=O)cc2)ccc1OCc1cccnc1. The molecule has 2 N–H and O–H groups in total. The zero-order valence-corrected chi connectivity index (χ0v) is 16.8. The van der Waals surface area contributed by atoms with E-state index in [-0.39, 0.29) is 11.8 Å². The molecule has 0 radical (unpaired) electrons. The average Bonchev–Trinajstić information content (AvgIpc) is 2.75. The maximum atomic E-state index is 12.6. The number of ether oxygens (including phenoxy) is 2. The monoisotopic (exact) mass is 405 g/mol. The Bertz CT molecular complexity index is 1000. The molecule has 0 saturated carbocycles. The van der Waals surface area contributed by atoms with Crippen LogP contribution in [0.2, 0.25) is 0 Å². The minimum absolute atomic E-state index is 0.152. The Hall–Kier alpha value is -3.87. The second-order valence-electron chi connectivity index (χ2n) is 6.46. The van der Waals surface area contributed by atoms with Gasteiger partial charge in [0, 0.05) is 41.8 Å². The van der Waals surface area contributed by atoms with Gasteiger partial charge in [-0.25, -0.2) is 0 Å². The van der Waals surface area contributed by atoms with Gasteiger partial charge in [-0.05, 0) is 55.5 Å². The first-order chi connectivity index (χ1) is 14.5. The number of carbonyl (C=O) groups excluding carboxylic acids is 2. The lowest BCUT2D eigenvalue weighted by atomic mass is 10.1. The van der Waals surface area contributed by atoms with E-state index in [1.54, 1.807) is 54.9 Å². The van der Waals surface area contributed by atoms with E-state index >= 15 is 0 Å². The van der Waals surface area contributed by atoms with Crippen LogP contribution in [0.5, 0.6) is 11.5 Å². The lowest BCUT2D eigenvalue weighted by molar-refractivity contribution is -0.114. The Labute approximate surface area is 175 Å². The minimum atomic E-state index is -0.276. The van der Waals surface area contributed by atoms with Gasteiger partial charge in [-0.2, -0.15) is 0 Å². The second kappa shape index (κ2) is 10.1. The van der Waals surface area contributed by atoms with Crippen LogP contribution in [-0.2, 0) is 11.4 Å². The highest BCUT2D eigenvalue weighted by atomic mass is 16.5. The first-order valence-electron chi connectivity index (χ1n) is 9.52. The van der Waals surface area contributed by atoms with Gasteiger partial charge in [-0.15, -0.1) is 0 Å². The standard InChI is InChI=1S/C23H23N3O4/c1-3-29-22-13-18(6-11-21(22)30-15-17-5-4-12-24-14-17)23(28)26-20-9-7-19(8-10-20)25-16(2)27/h4-14H,3,15H2,1-2H3,(H,25,27)(H,26,28). The molecule has 30 heavy (non-hydrogen) atoms. The second-order valence-corrected chi connectivity index (χ2v) is 6.46. The highest BCUT2D eigenvalue weighted by Crippen LogP contribution is 2.29. The van der Waals surface area contributed by atoms with Crippen molar-refractivity contribution in [1.29, 1.82) is 0 Å². The van der Waals surface area contributed by atoms with Crippen molar-refractivity contribution in [3.05, 3.63) is 78.1 Å². The molecule has 2 amide bonds. The molecule has 2 aromatic carbocycles. The quantitative estimate of drug-likeness (QED) is 0.584. The van der Waals surface area contributed by atoms with Gasteiger partial charge in [0.1, 0.15) is 6.61 Å². The van der Waals surface area contributed by atoms with E-state index in [4.69, 9.17) is 9.47 Å². The molecule has 0 aliphatic rings. The summed E-state index contributed by atoms with van der Waals surface area (Å²) in [6.45, 7) is 4.10. The summed E-state index contributed by atoms with van der Waals surface area (Å²) in [5.74, 6) is 0.620. The van der Waals surface area contributed by atoms with Gasteiger partial charge in [0.25, 0.3) is 5.91 Å². The van der Waals surface area contributed by atoms with Crippen LogP contribution >= 0.6 is 0 Å². The van der Waals surface area contributed by atoms with Crippen LogP contribution in [0.3, 0.4) is 0 Å². The van der Waals surface area contributed by atoms with Crippen molar-refractivity contribution in [2.24, 2.45) is 0 Å². The third kappa shape index (κ3) is 5.81. The fourth-order valence-corrected chi connectivity index (χ4v) is 2.72. The van der Waals surface area contributed by atoms with Gasteiger partial charge in [0.05, 0.1) is 6.61 Å². The Kier molecular flexibility index (Phi) is 7.00. The number of anilines is 2. The van der Waals surface area contributed by atoms with Crippen molar-refractivity contribution in [3.63, 3.8) is 0 Å². The molecule has 0 saturated heterocycles. The Morgan fingerprint density at radius 1 is 0.933 bits per heavy atom. The van der Waals surface area contributed by atoms with Crippen molar-refractivity contribution in [2.45, 2.75) is 20.5 Å². The van der Waals surface area contributed by atoms with E-state index in [9.17, 15) is 9.59 Å². The number of hydrogen-bond donors (Lipinski definition) is 2. The molecule has 7 heteroatoms. The van der Waals surface area contributed by atoms with E-state index in [1.165, 1.54) is 6.92 Å². The van der Waals surface area contributed by atoms with E-state index < -0.39 is 0 Å². The van der Waals surface area contributed by atoms with Gasteiger partial charge < -0.3 is 20.1 Å². The summed E-state index contributed by atoms with van der Waals surface area (Å²) < 4.78 is 11.5. The van der Waals surface area contributed by atoms with Gasteiger partial charge in [-0.3, -0.25) is 14.6 Å². The molecule has 0 fully saturated rings. The van der Waals surface area contributed by atoms with Gasteiger partial charge in [0.15, 0.2) is 11.5 Å². The summed E-state index contributed by atoms with van der Waals surface area (Å²) in [6.07, 6.45) is 3.44. The van der Waals surface area contributed by atoms with Crippen molar-refractivity contribution < 1.29 is 19.1 Å².